The molecule has 16 heavy (non-hydrogen) atoms. The Hall–Kier alpha value is -0.860. The number of hydrogen-bond donors (Lipinski definition) is 0. The molecule has 1 aliphatic carbocycles. The first-order valence-electron chi connectivity index (χ1n) is 6.45. The Morgan fingerprint density at radius 1 is 1.19 bits per heavy atom. The first-order valence-corrected chi connectivity index (χ1v) is 6.45. The minimum absolute atomic E-state index is 0.187. The van der Waals surface area contributed by atoms with Gasteiger partial charge < -0.3 is 4.90 Å². The van der Waals surface area contributed by atoms with Crippen molar-refractivity contribution in [3.63, 3.8) is 0 Å². The molecule has 90 valence electrons. The molecule has 2 rings (SSSR count). The molecule has 2 aliphatic rings. The van der Waals surface area contributed by atoms with E-state index in [-0.39, 0.29) is 11.7 Å². The fourth-order valence-corrected chi connectivity index (χ4v) is 3.21. The highest BCUT2D eigenvalue weighted by atomic mass is 16.2. The summed E-state index contributed by atoms with van der Waals surface area (Å²) < 4.78 is 0. The molecule has 1 saturated heterocycles. The maximum atomic E-state index is 11.7. The van der Waals surface area contributed by atoms with Gasteiger partial charge in [0.05, 0.1) is 0 Å². The largest absolute Gasteiger partial charge is 0.332 e. The Balaban J connectivity index is 2.11. The minimum atomic E-state index is -0.224. The van der Waals surface area contributed by atoms with Crippen LogP contribution in [0.5, 0.6) is 0 Å². The summed E-state index contributed by atoms with van der Waals surface area (Å²) in [6.07, 6.45) is 5.20. The van der Waals surface area contributed by atoms with Crippen LogP contribution < -0.4 is 0 Å². The molecule has 3 heteroatoms. The van der Waals surface area contributed by atoms with Crippen LogP contribution in [0.25, 0.3) is 0 Å². The zero-order chi connectivity index (χ0) is 11.7. The Morgan fingerprint density at radius 2 is 1.88 bits per heavy atom. The molecule has 1 heterocycles. The van der Waals surface area contributed by atoms with Gasteiger partial charge in [-0.15, -0.1) is 0 Å². The second kappa shape index (κ2) is 4.56. The summed E-state index contributed by atoms with van der Waals surface area (Å²) in [7, 11) is 0. The van der Waals surface area contributed by atoms with Crippen molar-refractivity contribution in [2.45, 2.75) is 52.0 Å². The van der Waals surface area contributed by atoms with Gasteiger partial charge in [0.1, 0.15) is 0 Å². The van der Waals surface area contributed by atoms with Crippen molar-refractivity contribution in [2.24, 2.45) is 11.8 Å². The molecular weight excluding hydrogens is 202 g/mol. The van der Waals surface area contributed by atoms with Crippen LogP contribution in [0.4, 0.5) is 0 Å². The van der Waals surface area contributed by atoms with E-state index in [1.54, 1.807) is 0 Å². The van der Waals surface area contributed by atoms with Gasteiger partial charge in [0.2, 0.25) is 5.78 Å². The van der Waals surface area contributed by atoms with E-state index in [4.69, 9.17) is 0 Å². The Labute approximate surface area is 97.2 Å². The Morgan fingerprint density at radius 3 is 2.44 bits per heavy atom. The van der Waals surface area contributed by atoms with Crippen LogP contribution in [0.3, 0.4) is 0 Å². The number of carbonyl (C=O) groups is 2. The van der Waals surface area contributed by atoms with Gasteiger partial charge >= 0.3 is 0 Å². The summed E-state index contributed by atoms with van der Waals surface area (Å²) in [6, 6.07) is 0.327. The van der Waals surface area contributed by atoms with Gasteiger partial charge in [-0.1, -0.05) is 26.7 Å². The topological polar surface area (TPSA) is 37.4 Å². The molecule has 0 radical (unpaired) electrons. The third-order valence-electron chi connectivity index (χ3n) is 4.12. The molecule has 0 N–H and O–H groups in total. The van der Waals surface area contributed by atoms with Crippen molar-refractivity contribution in [3.8, 4) is 0 Å². The van der Waals surface area contributed by atoms with Crippen molar-refractivity contribution < 1.29 is 9.59 Å². The number of ketones is 1. The average Bonchev–Trinajstić information content (AvgIpc) is 2.60. The van der Waals surface area contributed by atoms with Crippen LogP contribution >= 0.6 is 0 Å². The third-order valence-corrected chi connectivity index (χ3v) is 4.12. The lowest BCUT2D eigenvalue weighted by Gasteiger charge is -2.39. The summed E-state index contributed by atoms with van der Waals surface area (Å²) in [5, 5.41) is 0. The second-order valence-electron chi connectivity index (χ2n) is 5.43. The van der Waals surface area contributed by atoms with E-state index >= 15 is 0 Å². The van der Waals surface area contributed by atoms with Gasteiger partial charge in [0, 0.05) is 19.0 Å². The first kappa shape index (κ1) is 11.6. The van der Waals surface area contributed by atoms with Crippen LogP contribution in [-0.2, 0) is 9.59 Å². The number of Topliss-reactive ketones (excluding diaryl/α,β-unsaturated/α-hetero) is 1. The van der Waals surface area contributed by atoms with E-state index in [1.807, 2.05) is 4.90 Å². The van der Waals surface area contributed by atoms with E-state index in [0.717, 1.165) is 6.42 Å². The van der Waals surface area contributed by atoms with Crippen molar-refractivity contribution in [3.05, 3.63) is 0 Å². The summed E-state index contributed by atoms with van der Waals surface area (Å²) >= 11 is 0. The van der Waals surface area contributed by atoms with Gasteiger partial charge in [-0.2, -0.15) is 0 Å². The molecule has 1 aliphatic heterocycles. The standard InChI is InChI=1S/C13H21NO2/c1-9(2)10-5-3-4-6-11(10)14-8-7-12(15)13(14)16/h9-11H,3-8H2,1-2H3. The second-order valence-corrected chi connectivity index (χ2v) is 5.43. The smallest absolute Gasteiger partial charge is 0.290 e. The lowest BCUT2D eigenvalue weighted by Crippen LogP contribution is -2.45. The third kappa shape index (κ3) is 2.00. The van der Waals surface area contributed by atoms with Gasteiger partial charge in [-0.25, -0.2) is 0 Å². The molecule has 2 unspecified atom stereocenters. The molecule has 2 atom stereocenters. The normalized spacial score (nSPS) is 31.6. The number of nitrogens with zero attached hydrogens (tertiary/aromatic N) is 1. The van der Waals surface area contributed by atoms with Crippen LogP contribution in [0.15, 0.2) is 0 Å². The SMILES string of the molecule is CC(C)C1CCCCC1N1CCC(=O)C1=O. The number of rotatable bonds is 2. The highest BCUT2D eigenvalue weighted by Gasteiger charge is 2.39. The molecule has 3 nitrogen and oxygen atoms in total. The highest BCUT2D eigenvalue weighted by Crippen LogP contribution is 2.34. The molecule has 0 aromatic rings. The van der Waals surface area contributed by atoms with Gasteiger partial charge in [0.25, 0.3) is 5.91 Å². The lowest BCUT2D eigenvalue weighted by molar-refractivity contribution is -0.142. The predicted molar refractivity (Wildman–Crippen MR) is 61.9 cm³/mol. The molecule has 2 fully saturated rings. The lowest BCUT2D eigenvalue weighted by atomic mass is 9.77. The molecule has 0 aromatic carbocycles. The Kier molecular flexibility index (Phi) is 3.31. The zero-order valence-corrected chi connectivity index (χ0v) is 10.2. The van der Waals surface area contributed by atoms with Crippen LogP contribution in [-0.4, -0.2) is 29.2 Å². The fourth-order valence-electron chi connectivity index (χ4n) is 3.21. The quantitative estimate of drug-likeness (QED) is 0.671. The number of amides is 1. The number of hydrogen-bond acceptors (Lipinski definition) is 2. The van der Waals surface area contributed by atoms with Crippen LogP contribution in [0.1, 0.15) is 46.0 Å². The van der Waals surface area contributed by atoms with Crippen molar-refractivity contribution >= 4 is 11.7 Å². The van der Waals surface area contributed by atoms with Crippen molar-refractivity contribution in [2.75, 3.05) is 6.54 Å². The van der Waals surface area contributed by atoms with Crippen LogP contribution in [0.2, 0.25) is 0 Å². The van der Waals surface area contributed by atoms with E-state index in [9.17, 15) is 9.59 Å². The molecule has 1 amide bonds. The van der Waals surface area contributed by atoms with E-state index in [2.05, 4.69) is 13.8 Å². The predicted octanol–water partition coefficient (Wildman–Crippen LogP) is 2.00. The summed E-state index contributed by atoms with van der Waals surface area (Å²) in [6.45, 7) is 5.11. The maximum Gasteiger partial charge on any atom is 0.290 e. The summed E-state index contributed by atoms with van der Waals surface area (Å²) in [5.74, 6) is 0.781. The van der Waals surface area contributed by atoms with Crippen molar-refractivity contribution in [1.29, 1.82) is 0 Å². The fraction of sp³-hybridized carbons (Fsp3) is 0.846. The van der Waals surface area contributed by atoms with Crippen LogP contribution in [0, 0.1) is 11.8 Å². The Bertz CT molecular complexity index is 298. The van der Waals surface area contributed by atoms with E-state index in [0.29, 0.717) is 30.8 Å². The van der Waals surface area contributed by atoms with Gasteiger partial charge in [-0.05, 0) is 24.7 Å². The monoisotopic (exact) mass is 223 g/mol. The first-order chi connectivity index (χ1) is 7.61. The summed E-state index contributed by atoms with van der Waals surface area (Å²) in [5.41, 5.74) is 0. The maximum absolute atomic E-state index is 11.7. The zero-order valence-electron chi connectivity index (χ0n) is 10.2. The molecular formula is C13H21NO2. The molecule has 0 aromatic heterocycles. The molecule has 0 spiro atoms. The van der Waals surface area contributed by atoms with Gasteiger partial charge in [0.15, 0.2) is 0 Å². The number of likely N-dealkylation sites (tertiary alicyclic amines) is 1. The average molecular weight is 223 g/mol. The molecule has 1 saturated carbocycles. The van der Waals surface area contributed by atoms with Gasteiger partial charge in [-0.3, -0.25) is 9.59 Å². The minimum Gasteiger partial charge on any atom is -0.332 e. The van der Waals surface area contributed by atoms with E-state index in [1.165, 1.54) is 19.3 Å². The van der Waals surface area contributed by atoms with E-state index < -0.39 is 0 Å². The summed E-state index contributed by atoms with van der Waals surface area (Å²) in [4.78, 5) is 24.9. The van der Waals surface area contributed by atoms with Crippen molar-refractivity contribution in [1.82, 2.24) is 4.90 Å². The molecule has 0 bridgehead atoms. The number of carbonyl (C=O) groups excluding carboxylic acids is 2. The highest BCUT2D eigenvalue weighted by molar-refractivity contribution is 6.37.